The quantitative estimate of drug-likeness (QED) is 0.782. The monoisotopic (exact) mass is 267 g/mol. The number of hydrogen-bond donors (Lipinski definition) is 1. The van der Waals surface area contributed by atoms with E-state index in [4.69, 9.17) is 4.42 Å². The molecule has 20 heavy (non-hydrogen) atoms. The zero-order valence-electron chi connectivity index (χ0n) is 10.9. The fraction of sp³-hybridized carbons (Fsp3) is 0.143. The molecule has 6 heteroatoms. The van der Waals surface area contributed by atoms with Gasteiger partial charge in [0.25, 0.3) is 5.89 Å². The van der Waals surface area contributed by atoms with Crippen molar-refractivity contribution in [1.29, 1.82) is 0 Å². The third-order valence-corrected chi connectivity index (χ3v) is 2.72. The van der Waals surface area contributed by atoms with Crippen molar-refractivity contribution >= 4 is 5.95 Å². The summed E-state index contributed by atoms with van der Waals surface area (Å²) in [6, 6.07) is 10.1. The van der Waals surface area contributed by atoms with Gasteiger partial charge in [-0.15, -0.1) is 10.2 Å². The molecule has 2 aromatic heterocycles. The molecule has 100 valence electrons. The van der Waals surface area contributed by atoms with Crippen LogP contribution in [0.25, 0.3) is 11.5 Å². The Morgan fingerprint density at radius 1 is 1.05 bits per heavy atom. The zero-order chi connectivity index (χ0) is 13.8. The second kappa shape index (κ2) is 5.48. The molecule has 0 radical (unpaired) electrons. The Labute approximate surface area is 115 Å². The molecule has 0 aliphatic carbocycles. The zero-order valence-corrected chi connectivity index (χ0v) is 10.9. The average molecular weight is 267 g/mol. The van der Waals surface area contributed by atoms with E-state index in [0.717, 1.165) is 0 Å². The molecule has 0 atom stereocenters. The van der Waals surface area contributed by atoms with Gasteiger partial charge >= 0.3 is 0 Å². The fourth-order valence-electron chi connectivity index (χ4n) is 1.72. The SMILES string of the molecule is Cc1nnc(-c2cnc(NCc3ccccc3)nc2)o1. The molecule has 0 unspecified atom stereocenters. The van der Waals surface area contributed by atoms with Crippen molar-refractivity contribution in [3.05, 3.63) is 54.2 Å². The molecule has 0 saturated carbocycles. The van der Waals surface area contributed by atoms with Gasteiger partial charge in [0.05, 0.1) is 5.56 Å². The van der Waals surface area contributed by atoms with Crippen LogP contribution >= 0.6 is 0 Å². The summed E-state index contributed by atoms with van der Waals surface area (Å²) in [4.78, 5) is 8.46. The second-order valence-corrected chi connectivity index (χ2v) is 4.26. The molecule has 0 bridgehead atoms. The summed E-state index contributed by atoms with van der Waals surface area (Å²) in [5.74, 6) is 1.51. The van der Waals surface area contributed by atoms with Gasteiger partial charge in [0.1, 0.15) is 0 Å². The molecule has 0 aliphatic rings. The lowest BCUT2D eigenvalue weighted by Crippen LogP contribution is -2.03. The summed E-state index contributed by atoms with van der Waals surface area (Å²) in [6.07, 6.45) is 3.32. The summed E-state index contributed by atoms with van der Waals surface area (Å²) < 4.78 is 5.32. The van der Waals surface area contributed by atoms with Crippen LogP contribution < -0.4 is 5.32 Å². The van der Waals surface area contributed by atoms with Crippen LogP contribution in [0.15, 0.2) is 47.1 Å². The molecule has 0 spiro atoms. The molecule has 0 aliphatic heterocycles. The highest BCUT2D eigenvalue weighted by atomic mass is 16.4. The van der Waals surface area contributed by atoms with Crippen LogP contribution in [-0.4, -0.2) is 20.2 Å². The van der Waals surface area contributed by atoms with Crippen molar-refractivity contribution in [2.75, 3.05) is 5.32 Å². The van der Waals surface area contributed by atoms with Gasteiger partial charge < -0.3 is 9.73 Å². The Morgan fingerprint density at radius 3 is 2.45 bits per heavy atom. The van der Waals surface area contributed by atoms with Crippen molar-refractivity contribution in [3.8, 4) is 11.5 Å². The number of benzene rings is 1. The third kappa shape index (κ3) is 2.80. The van der Waals surface area contributed by atoms with Gasteiger partial charge in [-0.25, -0.2) is 9.97 Å². The van der Waals surface area contributed by atoms with Crippen LogP contribution in [0.4, 0.5) is 5.95 Å². The normalized spacial score (nSPS) is 10.4. The number of aromatic nitrogens is 4. The number of hydrogen-bond acceptors (Lipinski definition) is 6. The maximum Gasteiger partial charge on any atom is 0.250 e. The smallest absolute Gasteiger partial charge is 0.250 e. The Morgan fingerprint density at radius 2 is 1.80 bits per heavy atom. The van der Waals surface area contributed by atoms with E-state index < -0.39 is 0 Å². The van der Waals surface area contributed by atoms with Crippen molar-refractivity contribution < 1.29 is 4.42 Å². The van der Waals surface area contributed by atoms with Crippen LogP contribution in [-0.2, 0) is 6.54 Å². The summed E-state index contributed by atoms with van der Waals surface area (Å²) in [7, 11) is 0. The predicted octanol–water partition coefficient (Wildman–Crippen LogP) is 2.45. The van der Waals surface area contributed by atoms with Gasteiger partial charge in [-0.2, -0.15) is 0 Å². The Hall–Kier alpha value is -2.76. The first kappa shape index (κ1) is 12.3. The van der Waals surface area contributed by atoms with Gasteiger partial charge in [0, 0.05) is 25.9 Å². The highest BCUT2D eigenvalue weighted by Gasteiger charge is 2.07. The minimum Gasteiger partial charge on any atom is -0.421 e. The van der Waals surface area contributed by atoms with Crippen molar-refractivity contribution in [3.63, 3.8) is 0 Å². The molecule has 2 heterocycles. The largest absolute Gasteiger partial charge is 0.421 e. The van der Waals surface area contributed by atoms with E-state index in [-0.39, 0.29) is 0 Å². The Kier molecular flexibility index (Phi) is 3.36. The summed E-state index contributed by atoms with van der Waals surface area (Å²) in [5, 5.41) is 10.9. The number of nitrogens with zero attached hydrogens (tertiary/aromatic N) is 4. The Balaban J connectivity index is 1.67. The van der Waals surface area contributed by atoms with Crippen LogP contribution in [0.3, 0.4) is 0 Å². The standard InChI is InChI=1S/C14H13N5O/c1-10-18-19-13(20-10)12-8-16-14(17-9-12)15-7-11-5-3-2-4-6-11/h2-6,8-9H,7H2,1H3,(H,15,16,17). The van der Waals surface area contributed by atoms with Crippen LogP contribution in [0.1, 0.15) is 11.5 Å². The molecule has 1 N–H and O–H groups in total. The first-order chi connectivity index (χ1) is 9.81. The minimum absolute atomic E-state index is 0.428. The Bertz CT molecular complexity index is 678. The van der Waals surface area contributed by atoms with Crippen LogP contribution in [0.5, 0.6) is 0 Å². The van der Waals surface area contributed by atoms with Crippen LogP contribution in [0.2, 0.25) is 0 Å². The van der Waals surface area contributed by atoms with Gasteiger partial charge in [-0.3, -0.25) is 0 Å². The molecule has 3 rings (SSSR count). The lowest BCUT2D eigenvalue weighted by atomic mass is 10.2. The van der Waals surface area contributed by atoms with E-state index in [0.29, 0.717) is 29.8 Å². The van der Waals surface area contributed by atoms with Gasteiger partial charge in [0.2, 0.25) is 11.8 Å². The molecule has 0 fully saturated rings. The maximum atomic E-state index is 5.32. The minimum atomic E-state index is 0.428. The van der Waals surface area contributed by atoms with E-state index in [2.05, 4.69) is 25.5 Å². The number of aryl methyl sites for hydroxylation is 1. The second-order valence-electron chi connectivity index (χ2n) is 4.26. The summed E-state index contributed by atoms with van der Waals surface area (Å²) in [5.41, 5.74) is 1.88. The summed E-state index contributed by atoms with van der Waals surface area (Å²) >= 11 is 0. The third-order valence-electron chi connectivity index (χ3n) is 2.72. The number of nitrogens with one attached hydrogen (secondary N) is 1. The highest BCUT2D eigenvalue weighted by molar-refractivity contribution is 5.50. The topological polar surface area (TPSA) is 76.7 Å². The van der Waals surface area contributed by atoms with E-state index in [9.17, 15) is 0 Å². The molecular weight excluding hydrogens is 254 g/mol. The molecule has 0 amide bonds. The summed E-state index contributed by atoms with van der Waals surface area (Å²) in [6.45, 7) is 2.42. The molecule has 6 nitrogen and oxygen atoms in total. The van der Waals surface area contributed by atoms with Crippen molar-refractivity contribution in [2.45, 2.75) is 13.5 Å². The number of anilines is 1. The predicted molar refractivity (Wildman–Crippen MR) is 73.8 cm³/mol. The maximum absolute atomic E-state index is 5.32. The number of rotatable bonds is 4. The fourth-order valence-corrected chi connectivity index (χ4v) is 1.72. The first-order valence-electron chi connectivity index (χ1n) is 6.21. The van der Waals surface area contributed by atoms with Crippen molar-refractivity contribution in [1.82, 2.24) is 20.2 Å². The van der Waals surface area contributed by atoms with E-state index >= 15 is 0 Å². The highest BCUT2D eigenvalue weighted by Crippen LogP contribution is 2.16. The van der Waals surface area contributed by atoms with Gasteiger partial charge in [0.15, 0.2) is 0 Å². The van der Waals surface area contributed by atoms with E-state index in [1.807, 2.05) is 30.3 Å². The average Bonchev–Trinajstić information content (AvgIpc) is 2.93. The van der Waals surface area contributed by atoms with Crippen molar-refractivity contribution in [2.24, 2.45) is 0 Å². The van der Waals surface area contributed by atoms with Gasteiger partial charge in [-0.1, -0.05) is 30.3 Å². The lowest BCUT2D eigenvalue weighted by molar-refractivity contribution is 0.532. The van der Waals surface area contributed by atoms with Crippen LogP contribution in [0, 0.1) is 6.92 Å². The lowest BCUT2D eigenvalue weighted by Gasteiger charge is -2.04. The van der Waals surface area contributed by atoms with E-state index in [1.165, 1.54) is 5.56 Å². The van der Waals surface area contributed by atoms with Gasteiger partial charge in [-0.05, 0) is 5.56 Å². The molecule has 1 aromatic carbocycles. The molecule has 0 saturated heterocycles. The molecular formula is C14H13N5O. The van der Waals surface area contributed by atoms with E-state index in [1.54, 1.807) is 19.3 Å². The molecule has 3 aromatic rings. The first-order valence-corrected chi connectivity index (χ1v) is 6.21.